The molecule has 0 heterocycles. The molecule has 14 heavy (non-hydrogen) atoms. The standard InChI is InChI=1S/C8H16BrNO3S/c1-6(14(3)12)4-10-5-7(9)8(11)13-2/h6-7,10H,4-5H2,1-3H3. The van der Waals surface area contributed by atoms with Crippen molar-refractivity contribution in [3.05, 3.63) is 0 Å². The minimum atomic E-state index is -0.832. The van der Waals surface area contributed by atoms with Crippen LogP contribution in [0, 0.1) is 0 Å². The third-order valence-corrected chi connectivity index (χ3v) is 3.78. The van der Waals surface area contributed by atoms with Crippen LogP contribution in [0.25, 0.3) is 0 Å². The lowest BCUT2D eigenvalue weighted by Crippen LogP contribution is -2.35. The number of esters is 1. The van der Waals surface area contributed by atoms with Gasteiger partial charge in [0.2, 0.25) is 0 Å². The maximum atomic E-state index is 11.0. The smallest absolute Gasteiger partial charge is 0.320 e. The molecule has 0 rings (SSSR count). The van der Waals surface area contributed by atoms with Gasteiger partial charge >= 0.3 is 5.97 Å². The first kappa shape index (κ1) is 14.1. The zero-order valence-corrected chi connectivity index (χ0v) is 11.0. The SMILES string of the molecule is COC(=O)C(Br)CNCC(C)S(C)=O. The molecule has 0 spiro atoms. The van der Waals surface area contributed by atoms with Gasteiger partial charge in [0.25, 0.3) is 0 Å². The first-order valence-corrected chi connectivity index (χ1v) is 6.77. The Morgan fingerprint density at radius 1 is 1.57 bits per heavy atom. The van der Waals surface area contributed by atoms with E-state index in [4.69, 9.17) is 0 Å². The average Bonchev–Trinajstić information content (AvgIpc) is 2.15. The van der Waals surface area contributed by atoms with Crippen LogP contribution in [0.4, 0.5) is 0 Å². The lowest BCUT2D eigenvalue weighted by molar-refractivity contribution is -0.139. The van der Waals surface area contributed by atoms with Crippen LogP contribution in [0.2, 0.25) is 0 Å². The first-order valence-electron chi connectivity index (χ1n) is 4.23. The fourth-order valence-corrected chi connectivity index (χ4v) is 1.51. The van der Waals surface area contributed by atoms with Crippen molar-refractivity contribution in [3.63, 3.8) is 0 Å². The van der Waals surface area contributed by atoms with Crippen LogP contribution < -0.4 is 5.32 Å². The summed E-state index contributed by atoms with van der Waals surface area (Å²) < 4.78 is 15.5. The first-order chi connectivity index (χ1) is 6.49. The van der Waals surface area contributed by atoms with Crippen LogP contribution in [-0.4, -0.2) is 46.7 Å². The molecule has 0 aromatic carbocycles. The lowest BCUT2D eigenvalue weighted by atomic mass is 10.4. The summed E-state index contributed by atoms with van der Waals surface area (Å²) in [6.07, 6.45) is 1.66. The highest BCUT2D eigenvalue weighted by Crippen LogP contribution is 2.00. The fraction of sp³-hybridized carbons (Fsp3) is 0.875. The van der Waals surface area contributed by atoms with Gasteiger partial charge in [-0.2, -0.15) is 0 Å². The van der Waals surface area contributed by atoms with Crippen molar-refractivity contribution in [1.29, 1.82) is 0 Å². The van der Waals surface area contributed by atoms with Gasteiger partial charge in [0.1, 0.15) is 4.83 Å². The van der Waals surface area contributed by atoms with Gasteiger partial charge in [-0.25, -0.2) is 0 Å². The van der Waals surface area contributed by atoms with Gasteiger partial charge in [-0.15, -0.1) is 0 Å². The number of carbonyl (C=O) groups is 1. The summed E-state index contributed by atoms with van der Waals surface area (Å²) in [5.41, 5.74) is 0. The Balaban J connectivity index is 3.64. The maximum Gasteiger partial charge on any atom is 0.320 e. The summed E-state index contributed by atoms with van der Waals surface area (Å²) in [5, 5.41) is 3.13. The Morgan fingerprint density at radius 2 is 2.14 bits per heavy atom. The summed E-state index contributed by atoms with van der Waals surface area (Å²) in [7, 11) is 0.516. The number of ether oxygens (including phenoxy) is 1. The van der Waals surface area contributed by atoms with Crippen molar-refractivity contribution in [2.24, 2.45) is 0 Å². The summed E-state index contributed by atoms with van der Waals surface area (Å²) in [6.45, 7) is 3.00. The number of methoxy groups -OCH3 is 1. The molecule has 0 aromatic rings. The molecule has 0 amide bonds. The highest BCUT2D eigenvalue weighted by atomic mass is 79.9. The van der Waals surface area contributed by atoms with Gasteiger partial charge in [0, 0.05) is 35.4 Å². The van der Waals surface area contributed by atoms with Crippen LogP contribution in [0.1, 0.15) is 6.92 Å². The average molecular weight is 286 g/mol. The zero-order chi connectivity index (χ0) is 11.1. The minimum Gasteiger partial charge on any atom is -0.468 e. The Hall–Kier alpha value is 0.0600. The zero-order valence-electron chi connectivity index (χ0n) is 8.58. The number of rotatable bonds is 6. The predicted molar refractivity (Wildman–Crippen MR) is 61.1 cm³/mol. The summed E-state index contributed by atoms with van der Waals surface area (Å²) in [4.78, 5) is 10.6. The summed E-state index contributed by atoms with van der Waals surface area (Å²) in [6, 6.07) is 0. The van der Waals surface area contributed by atoms with Crippen molar-refractivity contribution in [2.75, 3.05) is 26.5 Å². The van der Waals surface area contributed by atoms with Crippen LogP contribution in [0.3, 0.4) is 0 Å². The normalized spacial score (nSPS) is 17.1. The van der Waals surface area contributed by atoms with Crippen LogP contribution in [0.15, 0.2) is 0 Å². The van der Waals surface area contributed by atoms with E-state index in [0.717, 1.165) is 0 Å². The monoisotopic (exact) mass is 285 g/mol. The minimum absolute atomic E-state index is 0.0901. The van der Waals surface area contributed by atoms with Gasteiger partial charge in [-0.1, -0.05) is 15.9 Å². The number of hydrogen-bond acceptors (Lipinski definition) is 4. The van der Waals surface area contributed by atoms with E-state index < -0.39 is 10.8 Å². The van der Waals surface area contributed by atoms with E-state index in [1.165, 1.54) is 7.11 Å². The molecule has 6 heteroatoms. The van der Waals surface area contributed by atoms with Gasteiger partial charge in [0.15, 0.2) is 0 Å². The summed E-state index contributed by atoms with van der Waals surface area (Å²) >= 11 is 3.18. The van der Waals surface area contributed by atoms with Crippen molar-refractivity contribution >= 4 is 32.7 Å². The van der Waals surface area contributed by atoms with Gasteiger partial charge in [-0.05, 0) is 6.92 Å². The second kappa shape index (κ2) is 7.36. The maximum absolute atomic E-state index is 11.0. The molecule has 84 valence electrons. The quantitative estimate of drug-likeness (QED) is 0.563. The molecule has 0 fully saturated rings. The molecule has 0 aliphatic heterocycles. The van der Waals surface area contributed by atoms with Crippen LogP contribution >= 0.6 is 15.9 Å². The molecule has 0 saturated heterocycles. The second-order valence-electron chi connectivity index (χ2n) is 2.96. The van der Waals surface area contributed by atoms with Gasteiger partial charge < -0.3 is 10.1 Å². The fourth-order valence-electron chi connectivity index (χ4n) is 0.742. The number of nitrogens with one attached hydrogen (secondary N) is 1. The Morgan fingerprint density at radius 3 is 2.57 bits per heavy atom. The highest BCUT2D eigenvalue weighted by Gasteiger charge is 2.15. The molecule has 0 aliphatic carbocycles. The topological polar surface area (TPSA) is 55.4 Å². The molecular weight excluding hydrogens is 270 g/mol. The summed E-state index contributed by atoms with van der Waals surface area (Å²) in [5.74, 6) is -0.303. The van der Waals surface area contributed by atoms with Crippen LogP contribution in [-0.2, 0) is 20.3 Å². The van der Waals surface area contributed by atoms with Gasteiger partial charge in [0.05, 0.1) is 7.11 Å². The van der Waals surface area contributed by atoms with E-state index in [1.54, 1.807) is 6.26 Å². The molecule has 0 aliphatic rings. The third kappa shape index (κ3) is 5.72. The number of halogens is 1. The van der Waals surface area contributed by atoms with Gasteiger partial charge in [-0.3, -0.25) is 9.00 Å². The molecule has 0 aromatic heterocycles. The lowest BCUT2D eigenvalue weighted by Gasteiger charge is -2.12. The third-order valence-electron chi connectivity index (χ3n) is 1.78. The van der Waals surface area contributed by atoms with E-state index in [9.17, 15) is 9.00 Å². The molecule has 0 saturated carbocycles. The molecular formula is C8H16BrNO3S. The van der Waals surface area contributed by atoms with Crippen LogP contribution in [0.5, 0.6) is 0 Å². The van der Waals surface area contributed by atoms with E-state index in [0.29, 0.717) is 13.1 Å². The van der Waals surface area contributed by atoms with E-state index in [2.05, 4.69) is 26.0 Å². The van der Waals surface area contributed by atoms with Crippen molar-refractivity contribution < 1.29 is 13.7 Å². The molecule has 3 unspecified atom stereocenters. The Labute approximate surface area is 95.4 Å². The predicted octanol–water partition coefficient (Wildman–Crippen LogP) is 0.279. The second-order valence-corrected chi connectivity index (χ2v) is 5.87. The van der Waals surface area contributed by atoms with Crippen molar-refractivity contribution in [1.82, 2.24) is 5.32 Å². The molecule has 3 atom stereocenters. The van der Waals surface area contributed by atoms with E-state index in [-0.39, 0.29) is 16.0 Å². The van der Waals surface area contributed by atoms with E-state index in [1.807, 2.05) is 6.92 Å². The number of alkyl halides is 1. The van der Waals surface area contributed by atoms with E-state index >= 15 is 0 Å². The highest BCUT2D eigenvalue weighted by molar-refractivity contribution is 9.10. The van der Waals surface area contributed by atoms with Crippen molar-refractivity contribution in [3.8, 4) is 0 Å². The Bertz CT molecular complexity index is 213. The number of hydrogen-bond donors (Lipinski definition) is 1. The largest absolute Gasteiger partial charge is 0.468 e. The number of carbonyl (C=O) groups excluding carboxylic acids is 1. The van der Waals surface area contributed by atoms with Crippen molar-refractivity contribution in [2.45, 2.75) is 17.0 Å². The molecule has 0 bridgehead atoms. The molecule has 1 N–H and O–H groups in total. The molecule has 0 radical (unpaired) electrons. The molecule has 4 nitrogen and oxygen atoms in total. The Kier molecular flexibility index (Phi) is 7.40.